The van der Waals surface area contributed by atoms with Crippen molar-refractivity contribution < 1.29 is 37.1 Å². The lowest BCUT2D eigenvalue weighted by Crippen LogP contribution is -2.31. The first-order valence-corrected chi connectivity index (χ1v) is 11.0. The molecule has 1 saturated heterocycles. The van der Waals surface area contributed by atoms with Gasteiger partial charge in [0, 0.05) is 37.9 Å². The monoisotopic (exact) mass is 520 g/mol. The highest BCUT2D eigenvalue weighted by Gasteiger charge is 2.41. The van der Waals surface area contributed by atoms with Crippen LogP contribution >= 0.6 is 0 Å². The van der Waals surface area contributed by atoms with Gasteiger partial charge in [0.1, 0.15) is 17.3 Å². The molecule has 10 nitrogen and oxygen atoms in total. The van der Waals surface area contributed by atoms with Crippen molar-refractivity contribution in [3.63, 3.8) is 0 Å². The minimum atomic E-state index is -5.08. The van der Waals surface area contributed by atoms with Gasteiger partial charge in [0.05, 0.1) is 0 Å². The maximum Gasteiger partial charge on any atom is 0.490 e. The predicted molar refractivity (Wildman–Crippen MR) is 119 cm³/mol. The lowest BCUT2D eigenvalue weighted by Gasteiger charge is -2.25. The third kappa shape index (κ3) is 5.90. The summed E-state index contributed by atoms with van der Waals surface area (Å²) in [5, 5.41) is 18.0. The number of aromatic nitrogens is 4. The van der Waals surface area contributed by atoms with E-state index in [4.69, 9.17) is 9.90 Å². The van der Waals surface area contributed by atoms with E-state index in [-0.39, 0.29) is 23.6 Å². The van der Waals surface area contributed by atoms with E-state index in [1.165, 1.54) is 18.2 Å². The van der Waals surface area contributed by atoms with E-state index in [0.717, 1.165) is 5.82 Å². The molecule has 14 heteroatoms. The maximum absolute atomic E-state index is 13.4. The Hall–Kier alpha value is -4.36. The van der Waals surface area contributed by atoms with E-state index in [0.29, 0.717) is 37.4 Å². The van der Waals surface area contributed by atoms with Crippen molar-refractivity contribution >= 4 is 23.5 Å². The van der Waals surface area contributed by atoms with Crippen LogP contribution in [0.1, 0.15) is 26.9 Å². The average molecular weight is 520 g/mol. The van der Waals surface area contributed by atoms with Crippen LogP contribution in [0, 0.1) is 17.7 Å². The summed E-state index contributed by atoms with van der Waals surface area (Å²) in [6.45, 7) is 1.80. The Morgan fingerprint density at radius 2 is 1.73 bits per heavy atom. The van der Waals surface area contributed by atoms with Crippen molar-refractivity contribution in [1.29, 1.82) is 0 Å². The van der Waals surface area contributed by atoms with Crippen molar-refractivity contribution in [2.75, 3.05) is 18.4 Å². The average Bonchev–Trinajstić information content (AvgIpc) is 3.46. The number of carboxylic acid groups (broad SMARTS) is 1. The normalized spacial score (nSPS) is 18.2. The molecule has 2 aliphatic rings. The molecule has 1 aromatic carbocycles. The van der Waals surface area contributed by atoms with E-state index in [1.54, 1.807) is 30.5 Å². The van der Waals surface area contributed by atoms with Crippen LogP contribution in [0.2, 0.25) is 0 Å². The molecule has 0 saturated carbocycles. The zero-order valence-electron chi connectivity index (χ0n) is 19.0. The van der Waals surface area contributed by atoms with Crippen LogP contribution < -0.4 is 5.32 Å². The fourth-order valence-corrected chi connectivity index (χ4v) is 4.26. The molecule has 0 aliphatic carbocycles. The number of carbonyl (C=O) groups is 3. The number of alkyl halides is 3. The fraction of sp³-hybridized carbons (Fsp3) is 0.304. The molecule has 0 radical (unpaired) electrons. The first-order chi connectivity index (χ1) is 17.5. The number of hydrogen-bond donors (Lipinski definition) is 2. The van der Waals surface area contributed by atoms with Gasteiger partial charge in [-0.2, -0.15) is 13.2 Å². The van der Waals surface area contributed by atoms with Gasteiger partial charge in [-0.1, -0.05) is 12.1 Å². The van der Waals surface area contributed by atoms with Crippen molar-refractivity contribution in [2.45, 2.75) is 19.1 Å². The second kappa shape index (κ2) is 10.3. The zero-order valence-corrected chi connectivity index (χ0v) is 19.0. The number of fused-ring (bicyclic) bond motifs is 2. The summed E-state index contributed by atoms with van der Waals surface area (Å²) in [7, 11) is 0. The van der Waals surface area contributed by atoms with Crippen molar-refractivity contribution in [2.24, 2.45) is 11.8 Å². The van der Waals surface area contributed by atoms with Gasteiger partial charge in [-0.3, -0.25) is 14.6 Å². The summed E-state index contributed by atoms with van der Waals surface area (Å²) in [5.41, 5.74) is 0.796. The molecule has 194 valence electrons. The van der Waals surface area contributed by atoms with Crippen LogP contribution in [0.5, 0.6) is 0 Å². The number of carbonyl (C=O) groups excluding carboxylic acids is 2. The Morgan fingerprint density at radius 3 is 2.38 bits per heavy atom. The van der Waals surface area contributed by atoms with Gasteiger partial charge in [0.25, 0.3) is 11.8 Å². The highest BCUT2D eigenvalue weighted by atomic mass is 19.4. The van der Waals surface area contributed by atoms with E-state index in [1.807, 2.05) is 9.47 Å². The topological polar surface area (TPSA) is 130 Å². The molecule has 0 spiro atoms. The summed E-state index contributed by atoms with van der Waals surface area (Å²) < 4.78 is 46.9. The first-order valence-electron chi connectivity index (χ1n) is 11.0. The van der Waals surface area contributed by atoms with Crippen LogP contribution in [0.15, 0.2) is 48.7 Å². The Balaban J connectivity index is 0.000000405. The maximum atomic E-state index is 13.4. The second-order valence-corrected chi connectivity index (χ2v) is 8.47. The Bertz CT molecular complexity index is 1310. The zero-order chi connectivity index (χ0) is 26.7. The van der Waals surface area contributed by atoms with Gasteiger partial charge < -0.3 is 19.9 Å². The van der Waals surface area contributed by atoms with Crippen molar-refractivity contribution in [3.05, 3.63) is 71.8 Å². The first kappa shape index (κ1) is 25.7. The standard InChI is InChI=1S/C21H19FN6O2.C2HF3O2/c22-15-4-3-5-16(9-15)24-20(29)19-26-25-18-8-13-10-27(11-14(13)12-28(18)19)21(30)17-6-1-2-7-23-17;3-2(4,5)1(6)7/h1-7,9,13-14H,8,10-12H2,(H,24,29);(H,6,7). The minimum Gasteiger partial charge on any atom is -0.475 e. The Labute approximate surface area is 206 Å². The Morgan fingerprint density at radius 1 is 1.00 bits per heavy atom. The molecule has 5 rings (SSSR count). The third-order valence-electron chi connectivity index (χ3n) is 5.96. The summed E-state index contributed by atoms with van der Waals surface area (Å²) in [5.74, 6) is -2.29. The minimum absolute atomic E-state index is 0.0789. The number of nitrogens with zero attached hydrogens (tertiary/aromatic N) is 5. The van der Waals surface area contributed by atoms with Gasteiger partial charge in [0.2, 0.25) is 5.82 Å². The van der Waals surface area contributed by atoms with Crippen LogP contribution in [0.3, 0.4) is 0 Å². The quantitative estimate of drug-likeness (QED) is 0.508. The lowest BCUT2D eigenvalue weighted by atomic mass is 9.89. The van der Waals surface area contributed by atoms with Crippen LogP contribution in [-0.4, -0.2) is 66.8 Å². The summed E-state index contributed by atoms with van der Waals surface area (Å²) in [6.07, 6.45) is -2.82. The molecule has 4 heterocycles. The van der Waals surface area contributed by atoms with E-state index < -0.39 is 23.9 Å². The van der Waals surface area contributed by atoms with Gasteiger partial charge in [0.15, 0.2) is 0 Å². The molecule has 2 aliphatic heterocycles. The third-order valence-corrected chi connectivity index (χ3v) is 5.96. The van der Waals surface area contributed by atoms with E-state index in [2.05, 4.69) is 20.5 Å². The molecule has 2 amide bonds. The van der Waals surface area contributed by atoms with Crippen LogP contribution in [0.25, 0.3) is 0 Å². The molecule has 2 unspecified atom stereocenters. The van der Waals surface area contributed by atoms with E-state index in [9.17, 15) is 27.2 Å². The van der Waals surface area contributed by atoms with Gasteiger partial charge in [-0.25, -0.2) is 9.18 Å². The van der Waals surface area contributed by atoms with Crippen LogP contribution in [-0.2, 0) is 17.8 Å². The summed E-state index contributed by atoms with van der Waals surface area (Å²) in [6, 6.07) is 11.0. The van der Waals surface area contributed by atoms with Gasteiger partial charge in [-0.15, -0.1) is 10.2 Å². The number of likely N-dealkylation sites (tertiary alicyclic amines) is 1. The number of rotatable bonds is 3. The number of halogens is 4. The molecule has 3 aromatic rings. The molecule has 0 bridgehead atoms. The smallest absolute Gasteiger partial charge is 0.475 e. The van der Waals surface area contributed by atoms with Crippen molar-refractivity contribution in [1.82, 2.24) is 24.6 Å². The molecule has 37 heavy (non-hydrogen) atoms. The number of anilines is 1. The molecular formula is C23H20F4N6O4. The number of aliphatic carboxylic acids is 1. The summed E-state index contributed by atoms with van der Waals surface area (Å²) >= 11 is 0. The van der Waals surface area contributed by atoms with Gasteiger partial charge in [-0.05, 0) is 42.2 Å². The summed E-state index contributed by atoms with van der Waals surface area (Å²) in [4.78, 5) is 40.3. The molecule has 1 fully saturated rings. The van der Waals surface area contributed by atoms with Gasteiger partial charge >= 0.3 is 12.1 Å². The molecular weight excluding hydrogens is 500 g/mol. The Kier molecular flexibility index (Phi) is 7.18. The largest absolute Gasteiger partial charge is 0.490 e. The SMILES string of the molecule is O=C(Nc1cccc(F)c1)c1nnc2n1CC1CN(C(=O)c3ccccn3)CC1C2.O=C(O)C(F)(F)F. The predicted octanol–water partition coefficient (Wildman–Crippen LogP) is 2.64. The number of carboxylic acids is 1. The van der Waals surface area contributed by atoms with Crippen LogP contribution in [0.4, 0.5) is 23.2 Å². The highest BCUT2D eigenvalue weighted by Crippen LogP contribution is 2.33. The fourth-order valence-electron chi connectivity index (χ4n) is 4.26. The van der Waals surface area contributed by atoms with E-state index >= 15 is 0 Å². The number of nitrogens with one attached hydrogen (secondary N) is 1. The highest BCUT2D eigenvalue weighted by molar-refractivity contribution is 6.01. The number of pyridine rings is 1. The second-order valence-electron chi connectivity index (χ2n) is 8.47. The molecule has 2 N–H and O–H groups in total. The molecule has 2 aromatic heterocycles. The number of benzene rings is 1. The number of amides is 2. The molecule has 2 atom stereocenters. The number of hydrogen-bond acceptors (Lipinski definition) is 6. The van der Waals surface area contributed by atoms with Crippen molar-refractivity contribution in [3.8, 4) is 0 Å². The lowest BCUT2D eigenvalue weighted by molar-refractivity contribution is -0.192.